The van der Waals surface area contributed by atoms with Crippen LogP contribution in [0.15, 0.2) is 0 Å². The van der Waals surface area contributed by atoms with E-state index >= 15 is 0 Å². The summed E-state index contributed by atoms with van der Waals surface area (Å²) in [6.45, 7) is 8.34. The van der Waals surface area contributed by atoms with Crippen LogP contribution in [0.25, 0.3) is 0 Å². The average Bonchev–Trinajstić information content (AvgIpc) is 2.84. The van der Waals surface area contributed by atoms with Crippen molar-refractivity contribution in [1.29, 1.82) is 0 Å². The van der Waals surface area contributed by atoms with Crippen LogP contribution in [-0.2, 0) is 19.0 Å². The second-order valence-electron chi connectivity index (χ2n) is 5.52. The third kappa shape index (κ3) is 6.74. The van der Waals surface area contributed by atoms with Crippen LogP contribution in [0.3, 0.4) is 0 Å². The molecule has 0 radical (unpaired) electrons. The van der Waals surface area contributed by atoms with Gasteiger partial charge in [-0.2, -0.15) is 0 Å². The number of nitrogens with one attached hydrogen (secondary N) is 1. The predicted molar refractivity (Wildman–Crippen MR) is 98.6 cm³/mol. The molecule has 7 nitrogen and oxygen atoms in total. The first-order valence-electron chi connectivity index (χ1n) is 8.21. The number of thiophene rings is 1. The van der Waals surface area contributed by atoms with Gasteiger partial charge in [-0.15, -0.1) is 11.3 Å². The van der Waals surface area contributed by atoms with Crippen LogP contribution in [0.2, 0.25) is 0 Å². The van der Waals surface area contributed by atoms with Gasteiger partial charge >= 0.3 is 5.97 Å². The zero-order chi connectivity index (χ0) is 18.8. The first-order valence-corrected chi connectivity index (χ1v) is 9.03. The monoisotopic (exact) mass is 372 g/mol. The molecule has 0 aliphatic rings. The lowest BCUT2D eigenvalue weighted by molar-refractivity contribution is -0.117. The zero-order valence-electron chi connectivity index (χ0n) is 15.6. The van der Waals surface area contributed by atoms with Gasteiger partial charge in [-0.3, -0.25) is 9.69 Å². The maximum Gasteiger partial charge on any atom is 0.341 e. The highest BCUT2D eigenvalue weighted by Crippen LogP contribution is 2.33. The Morgan fingerprint density at radius 3 is 2.24 bits per heavy atom. The molecule has 25 heavy (non-hydrogen) atoms. The fourth-order valence-corrected chi connectivity index (χ4v) is 3.31. The van der Waals surface area contributed by atoms with Crippen LogP contribution in [0.1, 0.15) is 27.7 Å². The number of esters is 1. The van der Waals surface area contributed by atoms with Crippen molar-refractivity contribution in [1.82, 2.24) is 4.90 Å². The lowest BCUT2D eigenvalue weighted by atomic mass is 10.1. The van der Waals surface area contributed by atoms with Gasteiger partial charge in [0.1, 0.15) is 5.00 Å². The number of ether oxygens (including phenoxy) is 3. The smallest absolute Gasteiger partial charge is 0.341 e. The lowest BCUT2D eigenvalue weighted by Gasteiger charge is -2.20. The quantitative estimate of drug-likeness (QED) is 0.599. The molecule has 0 spiro atoms. The number of carbonyl (C=O) groups is 2. The van der Waals surface area contributed by atoms with Crippen molar-refractivity contribution in [3.63, 3.8) is 0 Å². The third-order valence-corrected chi connectivity index (χ3v) is 4.83. The highest BCUT2D eigenvalue weighted by Gasteiger charge is 2.22. The molecule has 1 N–H and O–H groups in total. The largest absolute Gasteiger partial charge is 0.462 e. The second-order valence-corrected chi connectivity index (χ2v) is 6.74. The van der Waals surface area contributed by atoms with Gasteiger partial charge in [-0.05, 0) is 26.3 Å². The van der Waals surface area contributed by atoms with Gasteiger partial charge < -0.3 is 19.5 Å². The van der Waals surface area contributed by atoms with Gasteiger partial charge in [0.05, 0.1) is 31.9 Å². The number of hydrogen-bond donors (Lipinski definition) is 1. The summed E-state index contributed by atoms with van der Waals surface area (Å²) in [6, 6.07) is 0. The van der Waals surface area contributed by atoms with Crippen molar-refractivity contribution >= 4 is 28.2 Å². The Hall–Kier alpha value is -1.48. The summed E-state index contributed by atoms with van der Waals surface area (Å²) in [5.74, 6) is -0.589. The highest BCUT2D eigenvalue weighted by atomic mass is 32.1. The minimum Gasteiger partial charge on any atom is -0.462 e. The normalized spacial score (nSPS) is 11.0. The van der Waals surface area contributed by atoms with E-state index in [0.717, 1.165) is 10.4 Å². The van der Waals surface area contributed by atoms with Crippen molar-refractivity contribution in [3.8, 4) is 0 Å². The Balaban J connectivity index is 2.80. The molecule has 0 saturated heterocycles. The Morgan fingerprint density at radius 2 is 1.72 bits per heavy atom. The molecule has 1 heterocycles. The van der Waals surface area contributed by atoms with E-state index in [1.807, 2.05) is 18.7 Å². The van der Waals surface area contributed by atoms with E-state index in [-0.39, 0.29) is 12.5 Å². The van der Waals surface area contributed by atoms with E-state index in [9.17, 15) is 9.59 Å². The van der Waals surface area contributed by atoms with Crippen LogP contribution in [0.5, 0.6) is 0 Å². The summed E-state index contributed by atoms with van der Waals surface area (Å²) in [4.78, 5) is 27.5. The molecule has 0 fully saturated rings. The number of amides is 1. The molecule has 142 valence electrons. The summed E-state index contributed by atoms with van der Waals surface area (Å²) in [6.07, 6.45) is 0. The predicted octanol–water partition coefficient (Wildman–Crippen LogP) is 2.07. The molecule has 1 aromatic rings. The van der Waals surface area contributed by atoms with E-state index in [2.05, 4.69) is 5.32 Å². The first kappa shape index (κ1) is 21.6. The van der Waals surface area contributed by atoms with Gasteiger partial charge in [0.15, 0.2) is 0 Å². The summed E-state index contributed by atoms with van der Waals surface area (Å²) in [5.41, 5.74) is 1.28. The van der Waals surface area contributed by atoms with Gasteiger partial charge in [0, 0.05) is 32.2 Å². The van der Waals surface area contributed by atoms with Crippen molar-refractivity contribution in [3.05, 3.63) is 16.0 Å². The molecule has 0 aromatic carbocycles. The Kier molecular flexibility index (Phi) is 9.66. The van der Waals surface area contributed by atoms with Crippen molar-refractivity contribution in [2.45, 2.75) is 20.8 Å². The first-order chi connectivity index (χ1) is 11.9. The van der Waals surface area contributed by atoms with Crippen LogP contribution in [0.4, 0.5) is 5.00 Å². The topological polar surface area (TPSA) is 77.1 Å². The molecule has 0 bridgehead atoms. The number of anilines is 1. The molecule has 1 rings (SSSR count). The van der Waals surface area contributed by atoms with Crippen molar-refractivity contribution in [2.24, 2.45) is 0 Å². The Bertz CT molecular complexity index is 566. The number of methoxy groups -OCH3 is 2. The molecule has 0 aliphatic heterocycles. The van der Waals surface area contributed by atoms with Gasteiger partial charge in [-0.25, -0.2) is 4.79 Å². The SMILES string of the molecule is CCOC(=O)c1c(NC(=O)CN(CCOC)CCOC)sc(C)c1C. The fourth-order valence-electron chi connectivity index (χ4n) is 2.24. The molecular weight excluding hydrogens is 344 g/mol. The van der Waals surface area contributed by atoms with E-state index in [1.165, 1.54) is 11.3 Å². The molecule has 8 heteroatoms. The summed E-state index contributed by atoms with van der Waals surface area (Å²) in [5, 5.41) is 3.39. The molecule has 0 aliphatic carbocycles. The van der Waals surface area contributed by atoms with Crippen LogP contribution >= 0.6 is 11.3 Å². The summed E-state index contributed by atoms with van der Waals surface area (Å²) >= 11 is 1.39. The van der Waals surface area contributed by atoms with Gasteiger partial charge in [-0.1, -0.05) is 0 Å². The third-order valence-electron chi connectivity index (χ3n) is 3.71. The van der Waals surface area contributed by atoms with E-state index < -0.39 is 5.97 Å². The minimum atomic E-state index is -0.407. The number of aryl methyl sites for hydroxylation is 1. The maximum absolute atomic E-state index is 12.4. The zero-order valence-corrected chi connectivity index (χ0v) is 16.5. The van der Waals surface area contributed by atoms with Crippen LogP contribution in [-0.4, -0.2) is 70.5 Å². The molecule has 1 aromatic heterocycles. The number of rotatable bonds is 11. The van der Waals surface area contributed by atoms with E-state index in [1.54, 1.807) is 21.1 Å². The molecule has 0 atom stereocenters. The molecule has 0 unspecified atom stereocenters. The van der Waals surface area contributed by atoms with Crippen LogP contribution < -0.4 is 5.32 Å². The highest BCUT2D eigenvalue weighted by molar-refractivity contribution is 7.16. The standard InChI is InChI=1S/C17H28N2O5S/c1-6-24-17(21)15-12(2)13(3)25-16(15)18-14(20)11-19(7-9-22-4)8-10-23-5/h6-11H2,1-5H3,(H,18,20). The second kappa shape index (κ2) is 11.2. The molecule has 1 amide bonds. The van der Waals surface area contributed by atoms with E-state index in [0.29, 0.717) is 43.5 Å². The molecule has 0 saturated carbocycles. The van der Waals surface area contributed by atoms with Crippen LogP contribution in [0, 0.1) is 13.8 Å². The summed E-state index contributed by atoms with van der Waals surface area (Å²) in [7, 11) is 3.24. The average molecular weight is 372 g/mol. The number of hydrogen-bond acceptors (Lipinski definition) is 7. The van der Waals surface area contributed by atoms with Gasteiger partial charge in [0.25, 0.3) is 0 Å². The van der Waals surface area contributed by atoms with Crippen molar-refractivity contribution in [2.75, 3.05) is 59.0 Å². The minimum absolute atomic E-state index is 0.181. The summed E-state index contributed by atoms with van der Waals surface area (Å²) < 4.78 is 15.3. The van der Waals surface area contributed by atoms with Gasteiger partial charge in [0.2, 0.25) is 5.91 Å². The Labute approximate surface area is 153 Å². The van der Waals surface area contributed by atoms with E-state index in [4.69, 9.17) is 14.2 Å². The number of nitrogens with zero attached hydrogens (tertiary/aromatic N) is 1. The number of carbonyl (C=O) groups excluding carboxylic acids is 2. The van der Waals surface area contributed by atoms with Crippen molar-refractivity contribution < 1.29 is 23.8 Å². The maximum atomic E-state index is 12.4. The lowest BCUT2D eigenvalue weighted by Crippen LogP contribution is -2.37. The Morgan fingerprint density at radius 1 is 1.12 bits per heavy atom. The fraction of sp³-hybridized carbons (Fsp3) is 0.647. The molecular formula is C17H28N2O5S.